The van der Waals surface area contributed by atoms with Gasteiger partial charge in [-0.1, -0.05) is 44.9 Å². The minimum absolute atomic E-state index is 0. The zero-order chi connectivity index (χ0) is 31.8. The van der Waals surface area contributed by atoms with Crippen molar-refractivity contribution in [3.63, 3.8) is 0 Å². The Morgan fingerprint density at radius 2 is 1.70 bits per heavy atom. The van der Waals surface area contributed by atoms with E-state index >= 15 is 0 Å². The van der Waals surface area contributed by atoms with Gasteiger partial charge >= 0.3 is 0 Å². The number of fused-ring (bicyclic) bond motifs is 1. The van der Waals surface area contributed by atoms with E-state index in [1.54, 1.807) is 35.6 Å². The Morgan fingerprint density at radius 1 is 1.07 bits per heavy atom. The van der Waals surface area contributed by atoms with Gasteiger partial charge in [-0.25, -0.2) is 9.49 Å². The number of hydrogen-bond donors (Lipinski definition) is 2. The zero-order valence-corrected chi connectivity index (χ0v) is 27.7. The molecule has 242 valence electrons. The summed E-state index contributed by atoms with van der Waals surface area (Å²) in [5.41, 5.74) is 6.26. The van der Waals surface area contributed by atoms with Crippen LogP contribution in [0, 0.1) is 5.82 Å². The summed E-state index contributed by atoms with van der Waals surface area (Å²) in [4.78, 5) is 53.4. The summed E-state index contributed by atoms with van der Waals surface area (Å²) in [6.45, 7) is 7.52. The van der Waals surface area contributed by atoms with Gasteiger partial charge < -0.3 is 30.0 Å². The standard InChI is InChI=1S/C27H30FN6O5.C2H6.CH3B.Fm/c28-23-6-5-19(16-24-20-3-1-2-4-21(20)26(37)31-30-24)15-22(23)27(38)34-10-8-33(9-11-34)25(36)17-32(18-35)12-14-39-13-7-29;2*1-2;/h1-6,15H,7-14,16-17,29H2,(H,31,37);1-2H3;1H3;/q-1;;;. The molecule has 0 atom stereocenters. The number of amides is 3. The first kappa shape index (κ1) is 36.9. The van der Waals surface area contributed by atoms with Gasteiger partial charge in [0.1, 0.15) is 5.82 Å². The van der Waals surface area contributed by atoms with E-state index in [2.05, 4.69) is 18.0 Å². The first-order chi connectivity index (χ1) is 20.9. The molecule has 1 saturated heterocycles. The maximum absolute atomic E-state index is 14.7. The topological polar surface area (TPSA) is 142 Å². The van der Waals surface area contributed by atoms with E-state index in [9.17, 15) is 23.6 Å². The van der Waals surface area contributed by atoms with Gasteiger partial charge in [0.15, 0.2) is 0 Å². The fourth-order valence-corrected chi connectivity index (χ4v) is 4.46. The van der Waals surface area contributed by atoms with Crippen LogP contribution in [-0.2, 0) is 20.7 Å². The van der Waals surface area contributed by atoms with Crippen LogP contribution < -0.4 is 11.3 Å². The van der Waals surface area contributed by atoms with Crippen LogP contribution in [0.3, 0.4) is 0 Å². The van der Waals surface area contributed by atoms with Crippen molar-refractivity contribution >= 4 is 36.8 Å². The average Bonchev–Trinajstić information content (AvgIpc) is 3.06. The first-order valence-electron chi connectivity index (χ1n) is 14.2. The summed E-state index contributed by atoms with van der Waals surface area (Å²) in [6, 6.07) is 11.4. The number of nitrogens with one attached hydrogen (secondary N) is 1. The first-order valence-corrected chi connectivity index (χ1v) is 14.2. The van der Waals surface area contributed by atoms with Gasteiger partial charge in [0.05, 0.1) is 44.2 Å². The number of carbonyl (C=O) groups excluding carboxylic acids is 3. The second kappa shape index (κ2) is 19.2. The summed E-state index contributed by atoms with van der Waals surface area (Å²) in [7, 11) is 4.50. The maximum Gasteiger partial charge on any atom is 0.272 e. The van der Waals surface area contributed by atoms with Crippen LogP contribution in [0.1, 0.15) is 35.5 Å². The van der Waals surface area contributed by atoms with Crippen molar-refractivity contribution in [1.82, 2.24) is 24.9 Å². The Hall–Kier alpha value is -5.10. The van der Waals surface area contributed by atoms with Gasteiger partial charge in [-0.2, -0.15) is 11.5 Å². The number of H-pyrrole nitrogens is 1. The van der Waals surface area contributed by atoms with Crippen molar-refractivity contribution in [2.24, 2.45) is 5.73 Å². The molecule has 14 heteroatoms. The summed E-state index contributed by atoms with van der Waals surface area (Å²) >= 11 is 0. The Kier molecular flexibility index (Phi) is 16.1. The van der Waals surface area contributed by atoms with Crippen molar-refractivity contribution < 1.29 is 23.5 Å². The third kappa shape index (κ3) is 9.74. The third-order valence-electron chi connectivity index (χ3n) is 6.55. The quantitative estimate of drug-likeness (QED) is 0.129. The van der Waals surface area contributed by atoms with Gasteiger partial charge in [-0.05, 0) is 23.8 Å². The van der Waals surface area contributed by atoms with Crippen LogP contribution in [0.5, 0.6) is 0 Å². The number of nitrogens with zero attached hydrogens (tertiary/aromatic N) is 4. The summed E-state index contributed by atoms with van der Waals surface area (Å²) < 4.78 is 20.0. The molecule has 0 aliphatic carbocycles. The summed E-state index contributed by atoms with van der Waals surface area (Å²) in [6.07, 6.45) is 2.03. The minimum atomic E-state index is -0.643. The number of rotatable bonds is 11. The van der Waals surface area contributed by atoms with Crippen LogP contribution in [-0.4, -0.2) is 110 Å². The number of benzene rings is 2. The second-order valence-electron chi connectivity index (χ2n) is 9.12. The fraction of sp³-hybridized carbons (Fsp3) is 0.433. The Morgan fingerprint density at radius 3 is 2.34 bits per heavy atom. The Balaban J connectivity index is 0.00000186. The Labute approximate surface area is 252 Å². The smallest absolute Gasteiger partial charge is 0.272 e. The molecule has 2 radical (unpaired) electrons. The predicted molar refractivity (Wildman–Crippen MR) is 164 cm³/mol. The molecule has 0 saturated carbocycles. The normalized spacial score (nSPS) is 12.2. The van der Waals surface area contributed by atoms with Crippen molar-refractivity contribution in [2.75, 3.05) is 59.0 Å². The molecule has 3 N–H and O–H groups in total. The summed E-state index contributed by atoms with van der Waals surface area (Å²) in [5.74, 6) is -1.38. The number of ether oxygens (including phenoxy) is 1. The molecule has 0 unspecified atom stereocenters. The Bertz CT molecular complexity index is 1400. The van der Waals surface area contributed by atoms with Gasteiger partial charge in [0.2, 0.25) is 5.91 Å². The molecule has 1 aliphatic heterocycles. The maximum atomic E-state index is 14.7. The van der Waals surface area contributed by atoms with Gasteiger partial charge in [0, 0.05) is 51.1 Å². The predicted octanol–water partition coefficient (Wildman–Crippen LogP) is 1.51. The van der Waals surface area contributed by atoms with Gasteiger partial charge in [-0.15, -0.1) is 0 Å². The number of hydrogen-bond acceptors (Lipinski definition) is 7. The van der Waals surface area contributed by atoms with E-state index in [0.29, 0.717) is 41.6 Å². The van der Waals surface area contributed by atoms with E-state index in [1.807, 2.05) is 19.9 Å². The van der Waals surface area contributed by atoms with Crippen LogP contribution >= 0.6 is 0 Å². The number of piperazine rings is 1. The molecule has 1 fully saturated rings. The van der Waals surface area contributed by atoms with E-state index in [1.165, 1.54) is 28.8 Å². The monoisotopic (exact) mass is 850 g/mol. The van der Waals surface area contributed by atoms with Gasteiger partial charge in [0.25, 0.3) is 11.5 Å². The van der Waals surface area contributed by atoms with Crippen molar-refractivity contribution in [1.29, 1.82) is 0 Å². The molecule has 1 aliphatic rings. The van der Waals surface area contributed by atoms with Crippen molar-refractivity contribution in [2.45, 2.75) is 27.1 Å². The number of nitrogens with two attached hydrogens (primary N) is 1. The SMILES string of the molecule is CC.NCCOCCN([C-]=O)CC(=O)N1CCN(C(=O)c2cc(Cc3n[nH]c(=O)c4ccccc34)ccc2F)CC1.[B]C.[Fm]. The number of aromatic nitrogens is 2. The van der Waals surface area contributed by atoms with Crippen LogP contribution in [0.4, 0.5) is 4.39 Å². The van der Waals surface area contributed by atoms with E-state index in [4.69, 9.17) is 10.5 Å². The van der Waals surface area contributed by atoms with Crippen molar-refractivity contribution in [3.8, 4) is 0 Å². The molecule has 3 aromatic rings. The molecule has 4 rings (SSSR count). The third-order valence-corrected chi connectivity index (χ3v) is 6.55. The summed E-state index contributed by atoms with van der Waals surface area (Å²) in [5, 5.41) is 7.84. The molecule has 0 bridgehead atoms. The molecular formula is C30H39BFFmN6O5-. The van der Waals surface area contributed by atoms with E-state index < -0.39 is 11.7 Å². The van der Waals surface area contributed by atoms with Crippen molar-refractivity contribution in [3.05, 3.63) is 75.5 Å². The van der Waals surface area contributed by atoms with Crippen LogP contribution in [0.2, 0.25) is 6.82 Å². The largest absolute Gasteiger partial charge is 0.520 e. The van der Waals surface area contributed by atoms with E-state index in [0.717, 1.165) is 0 Å². The molecule has 3 amide bonds. The molecule has 11 nitrogen and oxygen atoms in total. The van der Waals surface area contributed by atoms with Crippen LogP contribution in [0.25, 0.3) is 10.8 Å². The molecular weight excluding hydrogens is 811 g/mol. The molecule has 2 aromatic carbocycles. The number of halogens is 1. The molecule has 0 spiro atoms. The average molecular weight is 850 g/mol. The fourth-order valence-electron chi connectivity index (χ4n) is 4.46. The zero-order valence-electron chi connectivity index (χ0n) is 25.3. The molecule has 1 aromatic heterocycles. The van der Waals surface area contributed by atoms with Gasteiger partial charge in [-0.3, -0.25) is 14.4 Å². The van der Waals surface area contributed by atoms with Crippen LogP contribution in [0.15, 0.2) is 47.3 Å². The number of aromatic amines is 1. The minimum Gasteiger partial charge on any atom is -0.520 e. The molecule has 44 heavy (non-hydrogen) atoms. The van der Waals surface area contributed by atoms with E-state index in [-0.39, 0.29) is 62.9 Å². The number of carbonyl (C=O) groups is 2. The second-order valence-corrected chi connectivity index (χ2v) is 9.12. The molecule has 2 heterocycles.